The Hall–Kier alpha value is -0.810. The van der Waals surface area contributed by atoms with E-state index in [1.165, 1.54) is 12.8 Å². The second kappa shape index (κ2) is 4.46. The standard InChI is InChI=1S/C12H15BrN2O2/c13-8-5-11(15(6-8)10-1-2-10)12(16)14-9-3-4-17-7-9/h5-6,9-10H,1-4,7H2,(H,14,16). The number of rotatable bonds is 3. The minimum atomic E-state index is 0.0121. The van der Waals surface area contributed by atoms with E-state index in [0.717, 1.165) is 23.2 Å². The number of hydrogen-bond donors (Lipinski definition) is 1. The van der Waals surface area contributed by atoms with Gasteiger partial charge in [-0.2, -0.15) is 0 Å². The number of aromatic nitrogens is 1. The van der Waals surface area contributed by atoms with Crippen LogP contribution in [0, 0.1) is 0 Å². The van der Waals surface area contributed by atoms with Crippen LogP contribution < -0.4 is 5.32 Å². The molecule has 0 aromatic carbocycles. The van der Waals surface area contributed by atoms with E-state index in [1.807, 2.05) is 12.3 Å². The quantitative estimate of drug-likeness (QED) is 0.929. The maximum Gasteiger partial charge on any atom is 0.268 e. The van der Waals surface area contributed by atoms with Gasteiger partial charge in [-0.3, -0.25) is 4.79 Å². The van der Waals surface area contributed by atoms with Gasteiger partial charge in [-0.25, -0.2) is 0 Å². The van der Waals surface area contributed by atoms with E-state index in [2.05, 4.69) is 25.8 Å². The van der Waals surface area contributed by atoms with Crippen LogP contribution in [0.1, 0.15) is 35.8 Å². The number of ether oxygens (including phenoxy) is 1. The fourth-order valence-corrected chi connectivity index (χ4v) is 2.63. The largest absolute Gasteiger partial charge is 0.379 e. The lowest BCUT2D eigenvalue weighted by Crippen LogP contribution is -2.36. The molecule has 1 aromatic rings. The van der Waals surface area contributed by atoms with Gasteiger partial charge in [0, 0.05) is 23.3 Å². The summed E-state index contributed by atoms with van der Waals surface area (Å²) in [6.45, 7) is 1.38. The lowest BCUT2D eigenvalue weighted by atomic mass is 10.2. The third kappa shape index (κ3) is 2.40. The maximum absolute atomic E-state index is 12.2. The zero-order valence-electron chi connectivity index (χ0n) is 9.49. The van der Waals surface area contributed by atoms with Gasteiger partial charge in [0.25, 0.3) is 5.91 Å². The summed E-state index contributed by atoms with van der Waals surface area (Å²) in [6, 6.07) is 2.58. The van der Waals surface area contributed by atoms with Gasteiger partial charge in [0.05, 0.1) is 12.6 Å². The van der Waals surface area contributed by atoms with Gasteiger partial charge < -0.3 is 14.6 Å². The van der Waals surface area contributed by atoms with Gasteiger partial charge in [-0.1, -0.05) is 0 Å². The van der Waals surface area contributed by atoms with Crippen LogP contribution in [0.2, 0.25) is 0 Å². The van der Waals surface area contributed by atoms with E-state index in [-0.39, 0.29) is 11.9 Å². The number of halogens is 1. The zero-order chi connectivity index (χ0) is 11.8. The maximum atomic E-state index is 12.2. The van der Waals surface area contributed by atoms with Crippen LogP contribution >= 0.6 is 15.9 Å². The molecule has 0 radical (unpaired) electrons. The Kier molecular flexibility index (Phi) is 2.96. The van der Waals surface area contributed by atoms with Crippen LogP contribution in [0.4, 0.5) is 0 Å². The number of carbonyl (C=O) groups is 1. The van der Waals surface area contributed by atoms with Crippen LogP contribution in [0.15, 0.2) is 16.7 Å². The summed E-state index contributed by atoms with van der Waals surface area (Å²) >= 11 is 3.43. The Labute approximate surface area is 108 Å². The molecule has 1 saturated heterocycles. The van der Waals surface area contributed by atoms with Gasteiger partial charge in [0.15, 0.2) is 0 Å². The highest BCUT2D eigenvalue weighted by Crippen LogP contribution is 2.37. The first-order valence-corrected chi connectivity index (χ1v) is 6.79. The van der Waals surface area contributed by atoms with Crippen molar-refractivity contribution in [1.29, 1.82) is 0 Å². The molecule has 2 aliphatic rings. The number of carbonyl (C=O) groups excluding carboxylic acids is 1. The highest BCUT2D eigenvalue weighted by atomic mass is 79.9. The van der Waals surface area contributed by atoms with E-state index < -0.39 is 0 Å². The molecule has 17 heavy (non-hydrogen) atoms. The molecule has 3 rings (SSSR count). The summed E-state index contributed by atoms with van der Waals surface area (Å²) in [5.41, 5.74) is 0.756. The van der Waals surface area contributed by atoms with E-state index in [0.29, 0.717) is 12.6 Å². The van der Waals surface area contributed by atoms with Crippen molar-refractivity contribution in [3.05, 3.63) is 22.4 Å². The molecule has 5 heteroatoms. The molecule has 1 aliphatic carbocycles. The topological polar surface area (TPSA) is 43.3 Å². The second-order valence-electron chi connectivity index (χ2n) is 4.72. The number of nitrogens with zero attached hydrogens (tertiary/aromatic N) is 1. The molecule has 1 unspecified atom stereocenters. The fourth-order valence-electron chi connectivity index (χ4n) is 2.19. The van der Waals surface area contributed by atoms with Crippen molar-refractivity contribution in [2.24, 2.45) is 0 Å². The predicted octanol–water partition coefficient (Wildman–Crippen LogP) is 2.10. The lowest BCUT2D eigenvalue weighted by molar-refractivity contribution is 0.0920. The molecule has 0 bridgehead atoms. The normalized spacial score (nSPS) is 23.9. The summed E-state index contributed by atoms with van der Waals surface area (Å²) in [4.78, 5) is 12.2. The van der Waals surface area contributed by atoms with Gasteiger partial charge in [0.2, 0.25) is 0 Å². The highest BCUT2D eigenvalue weighted by molar-refractivity contribution is 9.10. The van der Waals surface area contributed by atoms with Crippen LogP contribution in [0.3, 0.4) is 0 Å². The molecule has 1 amide bonds. The lowest BCUT2D eigenvalue weighted by Gasteiger charge is -2.12. The monoisotopic (exact) mass is 298 g/mol. The molecule has 1 N–H and O–H groups in total. The van der Waals surface area contributed by atoms with E-state index >= 15 is 0 Å². The average molecular weight is 299 g/mol. The fraction of sp³-hybridized carbons (Fsp3) is 0.583. The van der Waals surface area contributed by atoms with Crippen LogP contribution in [-0.2, 0) is 4.74 Å². The van der Waals surface area contributed by atoms with Gasteiger partial charge in [0.1, 0.15) is 5.69 Å². The number of amides is 1. The van der Waals surface area contributed by atoms with Gasteiger partial charge in [-0.15, -0.1) is 0 Å². The molecule has 0 spiro atoms. The Bertz CT molecular complexity index is 434. The molecule has 1 atom stereocenters. The summed E-state index contributed by atoms with van der Waals surface area (Å²) < 4.78 is 8.31. The molecular weight excluding hydrogens is 284 g/mol. The number of nitrogens with one attached hydrogen (secondary N) is 1. The SMILES string of the molecule is O=C(NC1CCOC1)c1cc(Br)cn1C1CC1. The summed E-state index contributed by atoms with van der Waals surface area (Å²) in [6.07, 6.45) is 5.26. The third-order valence-corrected chi connectivity index (χ3v) is 3.69. The van der Waals surface area contributed by atoms with Gasteiger partial charge in [-0.05, 0) is 41.3 Å². The average Bonchev–Trinajstić information content (AvgIpc) is 2.88. The molecule has 1 saturated carbocycles. The summed E-state index contributed by atoms with van der Waals surface area (Å²) in [5.74, 6) is 0.0121. The van der Waals surface area contributed by atoms with Crippen molar-refractivity contribution < 1.29 is 9.53 Å². The van der Waals surface area contributed by atoms with E-state index in [4.69, 9.17) is 4.74 Å². The zero-order valence-corrected chi connectivity index (χ0v) is 11.1. The molecule has 4 nitrogen and oxygen atoms in total. The van der Waals surface area contributed by atoms with Crippen LogP contribution in [-0.4, -0.2) is 29.7 Å². The Morgan fingerprint density at radius 1 is 1.47 bits per heavy atom. The highest BCUT2D eigenvalue weighted by Gasteiger charge is 2.28. The first-order valence-electron chi connectivity index (χ1n) is 6.00. The third-order valence-electron chi connectivity index (χ3n) is 3.25. The molecule has 1 aliphatic heterocycles. The smallest absolute Gasteiger partial charge is 0.268 e. The minimum Gasteiger partial charge on any atom is -0.379 e. The molecule has 92 valence electrons. The van der Waals surface area contributed by atoms with Crippen molar-refractivity contribution in [3.63, 3.8) is 0 Å². The predicted molar refractivity (Wildman–Crippen MR) is 67.1 cm³/mol. The van der Waals surface area contributed by atoms with Crippen molar-refractivity contribution in [2.75, 3.05) is 13.2 Å². The molecule has 2 heterocycles. The van der Waals surface area contributed by atoms with Crippen molar-refractivity contribution in [1.82, 2.24) is 9.88 Å². The van der Waals surface area contributed by atoms with Crippen molar-refractivity contribution in [3.8, 4) is 0 Å². The van der Waals surface area contributed by atoms with Crippen molar-refractivity contribution in [2.45, 2.75) is 31.3 Å². The van der Waals surface area contributed by atoms with Crippen molar-refractivity contribution >= 4 is 21.8 Å². The Morgan fingerprint density at radius 3 is 2.94 bits per heavy atom. The number of hydrogen-bond acceptors (Lipinski definition) is 2. The first-order chi connectivity index (χ1) is 8.24. The minimum absolute atomic E-state index is 0.0121. The van der Waals surface area contributed by atoms with E-state index in [9.17, 15) is 4.79 Å². The Balaban J connectivity index is 1.75. The molecule has 2 fully saturated rings. The van der Waals surface area contributed by atoms with Crippen LogP contribution in [0.25, 0.3) is 0 Å². The molecule has 1 aromatic heterocycles. The second-order valence-corrected chi connectivity index (χ2v) is 5.63. The Morgan fingerprint density at radius 2 is 2.29 bits per heavy atom. The molecular formula is C12H15BrN2O2. The summed E-state index contributed by atoms with van der Waals surface area (Å²) in [7, 11) is 0. The van der Waals surface area contributed by atoms with E-state index in [1.54, 1.807) is 0 Å². The van der Waals surface area contributed by atoms with Crippen LogP contribution in [0.5, 0.6) is 0 Å². The van der Waals surface area contributed by atoms with Gasteiger partial charge >= 0.3 is 0 Å². The first kappa shape index (κ1) is 11.3. The summed E-state index contributed by atoms with van der Waals surface area (Å²) in [5, 5.41) is 3.03.